The number of rotatable bonds is 2. The van der Waals surface area contributed by atoms with E-state index in [-0.39, 0.29) is 6.79 Å². The van der Waals surface area contributed by atoms with Crippen LogP contribution in [0, 0.1) is 0 Å². The van der Waals surface area contributed by atoms with Gasteiger partial charge in [-0.1, -0.05) is 0 Å². The van der Waals surface area contributed by atoms with Gasteiger partial charge in [0.25, 0.3) is 0 Å². The molecule has 2 saturated heterocycles. The monoisotopic (exact) mass is 204 g/mol. The van der Waals surface area contributed by atoms with Crippen LogP contribution in [0.3, 0.4) is 0 Å². The second-order valence-electron chi connectivity index (χ2n) is 3.02. The van der Waals surface area contributed by atoms with Crippen LogP contribution in [0.4, 0.5) is 0 Å². The van der Waals surface area contributed by atoms with E-state index >= 15 is 0 Å². The molecule has 78 valence electrons. The van der Waals surface area contributed by atoms with E-state index in [4.69, 9.17) is 14.6 Å². The second-order valence-corrected chi connectivity index (χ2v) is 3.02. The quantitative estimate of drug-likeness (QED) is 0.506. The number of carboxylic acids is 1. The average molecular weight is 204 g/mol. The number of aliphatic carboxylic acids is 1. The van der Waals surface area contributed by atoms with Crippen molar-refractivity contribution in [3.63, 3.8) is 0 Å². The molecule has 2 fully saturated rings. The van der Waals surface area contributed by atoms with Crippen molar-refractivity contribution in [3.05, 3.63) is 0 Å². The van der Waals surface area contributed by atoms with Crippen molar-refractivity contribution in [2.75, 3.05) is 6.79 Å². The molecule has 7 nitrogen and oxygen atoms in total. The van der Waals surface area contributed by atoms with E-state index in [0.29, 0.717) is 0 Å². The molecule has 4 atom stereocenters. The van der Waals surface area contributed by atoms with E-state index in [9.17, 15) is 14.7 Å². The van der Waals surface area contributed by atoms with E-state index in [1.54, 1.807) is 0 Å². The third-order valence-electron chi connectivity index (χ3n) is 2.18. The van der Waals surface area contributed by atoms with E-state index < -0.39 is 36.4 Å². The fraction of sp³-hybridized carbons (Fsp3) is 0.714. The lowest BCUT2D eigenvalue weighted by Gasteiger charge is -2.16. The van der Waals surface area contributed by atoms with Gasteiger partial charge in [-0.2, -0.15) is 0 Å². The van der Waals surface area contributed by atoms with Crippen molar-refractivity contribution in [2.24, 2.45) is 0 Å². The second kappa shape index (κ2) is 3.19. The smallest absolute Gasteiger partial charge is 0.338 e. The molecule has 2 rings (SSSR count). The highest BCUT2D eigenvalue weighted by atomic mass is 16.8. The molecule has 0 aromatic carbocycles. The molecule has 0 amide bonds. The summed E-state index contributed by atoms with van der Waals surface area (Å²) in [6, 6.07) is 0. The maximum Gasteiger partial charge on any atom is 0.338 e. The zero-order valence-electron chi connectivity index (χ0n) is 6.95. The van der Waals surface area contributed by atoms with Gasteiger partial charge in [-0.15, -0.1) is 0 Å². The minimum Gasteiger partial charge on any atom is -0.479 e. The fourth-order valence-corrected chi connectivity index (χ4v) is 1.50. The Morgan fingerprint density at radius 3 is 2.86 bits per heavy atom. The van der Waals surface area contributed by atoms with Gasteiger partial charge in [-0.3, -0.25) is 0 Å². The molecule has 2 heterocycles. The Balaban J connectivity index is 2.14. The maximum atomic E-state index is 11.1. The van der Waals surface area contributed by atoms with Crippen LogP contribution in [0.1, 0.15) is 0 Å². The van der Waals surface area contributed by atoms with E-state index in [2.05, 4.69) is 4.74 Å². The van der Waals surface area contributed by atoms with Crippen molar-refractivity contribution in [1.82, 2.24) is 0 Å². The largest absolute Gasteiger partial charge is 0.479 e. The van der Waals surface area contributed by atoms with E-state index in [1.165, 1.54) is 0 Å². The molecule has 0 aromatic heterocycles. The van der Waals surface area contributed by atoms with Gasteiger partial charge in [0.2, 0.25) is 0 Å². The first kappa shape index (κ1) is 9.38. The number of ether oxygens (including phenoxy) is 3. The minimum absolute atomic E-state index is 0.0900. The maximum absolute atomic E-state index is 11.1. The van der Waals surface area contributed by atoms with Crippen LogP contribution in [0.15, 0.2) is 0 Å². The van der Waals surface area contributed by atoms with Crippen LogP contribution in [0.2, 0.25) is 0 Å². The molecule has 2 aliphatic rings. The predicted octanol–water partition coefficient (Wildman–Crippen LogP) is -1.90. The normalized spacial score (nSPS) is 37.8. The zero-order valence-corrected chi connectivity index (χ0v) is 6.95. The summed E-state index contributed by atoms with van der Waals surface area (Å²) in [4.78, 5) is 21.5. The van der Waals surface area contributed by atoms with Crippen LogP contribution >= 0.6 is 0 Å². The van der Waals surface area contributed by atoms with Gasteiger partial charge >= 0.3 is 11.9 Å². The molecule has 0 aliphatic carbocycles. The number of carbonyl (C=O) groups excluding carboxylic acids is 1. The van der Waals surface area contributed by atoms with E-state index in [1.807, 2.05) is 0 Å². The number of cyclic esters (lactones) is 1. The number of carboxylic acid groups (broad SMARTS) is 1. The van der Waals surface area contributed by atoms with Crippen molar-refractivity contribution in [2.45, 2.75) is 24.4 Å². The summed E-state index contributed by atoms with van der Waals surface area (Å²) in [6.45, 7) is -0.0900. The zero-order chi connectivity index (χ0) is 10.3. The summed E-state index contributed by atoms with van der Waals surface area (Å²) in [7, 11) is 0. The molecule has 0 radical (unpaired) electrons. The molecule has 0 saturated carbocycles. The summed E-state index contributed by atoms with van der Waals surface area (Å²) >= 11 is 0. The Kier molecular flexibility index (Phi) is 2.14. The SMILES string of the molecule is O=C(O)C(O)C1OC(=O)C2OCOC21. The highest BCUT2D eigenvalue weighted by Gasteiger charge is 2.54. The standard InChI is InChI=1S/C7H8O7/c8-2(6(9)10)3-4-5(7(11)14-3)13-1-12-4/h2-5,8H,1H2,(H,9,10). The Hall–Kier alpha value is -1.18. The topological polar surface area (TPSA) is 102 Å². The average Bonchev–Trinajstić information content (AvgIpc) is 2.68. The Labute approximate surface area is 78.2 Å². The lowest BCUT2D eigenvalue weighted by atomic mass is 10.1. The number of esters is 1. The molecule has 0 spiro atoms. The number of hydrogen-bond donors (Lipinski definition) is 2. The first-order valence-electron chi connectivity index (χ1n) is 3.96. The number of hydrogen-bond acceptors (Lipinski definition) is 6. The Morgan fingerprint density at radius 2 is 2.21 bits per heavy atom. The molecule has 7 heteroatoms. The van der Waals surface area contributed by atoms with Crippen molar-refractivity contribution >= 4 is 11.9 Å². The lowest BCUT2D eigenvalue weighted by Crippen LogP contribution is -2.42. The number of fused-ring (bicyclic) bond motifs is 1. The van der Waals surface area contributed by atoms with Crippen LogP contribution < -0.4 is 0 Å². The molecule has 4 unspecified atom stereocenters. The van der Waals surface area contributed by atoms with Crippen molar-refractivity contribution in [1.29, 1.82) is 0 Å². The highest BCUT2D eigenvalue weighted by molar-refractivity contribution is 5.81. The number of carbonyl (C=O) groups is 2. The summed E-state index contributed by atoms with van der Waals surface area (Å²) in [5, 5.41) is 17.7. The molecular formula is C7H8O7. The lowest BCUT2D eigenvalue weighted by molar-refractivity contribution is -0.167. The molecule has 0 aromatic rings. The summed E-state index contributed by atoms with van der Waals surface area (Å²) in [5.41, 5.74) is 0. The summed E-state index contributed by atoms with van der Waals surface area (Å²) < 4.78 is 14.4. The minimum atomic E-state index is -1.78. The third-order valence-corrected chi connectivity index (χ3v) is 2.18. The van der Waals surface area contributed by atoms with Gasteiger partial charge in [-0.05, 0) is 0 Å². The number of aliphatic hydroxyl groups is 1. The fourth-order valence-electron chi connectivity index (χ4n) is 1.50. The van der Waals surface area contributed by atoms with Gasteiger partial charge in [0.15, 0.2) is 18.3 Å². The highest BCUT2D eigenvalue weighted by Crippen LogP contribution is 2.28. The summed E-state index contributed by atoms with van der Waals surface area (Å²) in [6.07, 6.45) is -4.70. The molecule has 2 aliphatic heterocycles. The first-order chi connectivity index (χ1) is 6.61. The van der Waals surface area contributed by atoms with Gasteiger partial charge in [0.1, 0.15) is 12.9 Å². The van der Waals surface area contributed by atoms with Crippen LogP contribution in [0.5, 0.6) is 0 Å². The van der Waals surface area contributed by atoms with Crippen molar-refractivity contribution < 1.29 is 34.0 Å². The van der Waals surface area contributed by atoms with Crippen LogP contribution in [-0.2, 0) is 23.8 Å². The van der Waals surface area contributed by atoms with Gasteiger partial charge in [0, 0.05) is 0 Å². The third kappa shape index (κ3) is 1.26. The van der Waals surface area contributed by atoms with Crippen molar-refractivity contribution in [3.8, 4) is 0 Å². The predicted molar refractivity (Wildman–Crippen MR) is 38.1 cm³/mol. The van der Waals surface area contributed by atoms with Gasteiger partial charge in [0.05, 0.1) is 0 Å². The van der Waals surface area contributed by atoms with E-state index in [0.717, 1.165) is 0 Å². The number of aliphatic hydroxyl groups excluding tert-OH is 1. The Morgan fingerprint density at radius 1 is 1.50 bits per heavy atom. The molecule has 0 bridgehead atoms. The van der Waals surface area contributed by atoms with Gasteiger partial charge < -0.3 is 24.4 Å². The molecule has 2 N–H and O–H groups in total. The van der Waals surface area contributed by atoms with Crippen LogP contribution in [-0.4, -0.2) is 53.4 Å². The summed E-state index contributed by atoms with van der Waals surface area (Å²) in [5.74, 6) is -2.16. The molecule has 14 heavy (non-hydrogen) atoms. The Bertz CT molecular complexity index is 275. The first-order valence-corrected chi connectivity index (χ1v) is 3.96. The van der Waals surface area contributed by atoms with Crippen LogP contribution in [0.25, 0.3) is 0 Å². The molecular weight excluding hydrogens is 196 g/mol. The van der Waals surface area contributed by atoms with Gasteiger partial charge in [-0.25, -0.2) is 9.59 Å².